The van der Waals surface area contributed by atoms with Gasteiger partial charge in [0.25, 0.3) is 5.91 Å². The number of ether oxygens (including phenoxy) is 1. The first-order chi connectivity index (χ1) is 11.5. The van der Waals surface area contributed by atoms with Crippen molar-refractivity contribution < 1.29 is 18.6 Å². The van der Waals surface area contributed by atoms with Crippen LogP contribution in [0.25, 0.3) is 0 Å². The number of likely N-dealkylation sites (tertiary alicyclic amines) is 1. The van der Waals surface area contributed by atoms with Crippen LogP contribution in [0.2, 0.25) is 0 Å². The van der Waals surface area contributed by atoms with Gasteiger partial charge in [-0.25, -0.2) is 0 Å². The van der Waals surface area contributed by atoms with Crippen molar-refractivity contribution in [3.63, 3.8) is 0 Å². The van der Waals surface area contributed by atoms with Gasteiger partial charge in [0.05, 0.1) is 5.41 Å². The summed E-state index contributed by atoms with van der Waals surface area (Å²) in [7, 11) is 1.67. The third kappa shape index (κ3) is 3.19. The van der Waals surface area contributed by atoms with E-state index in [1.54, 1.807) is 31.9 Å². The Morgan fingerprint density at radius 1 is 1.38 bits per heavy atom. The summed E-state index contributed by atoms with van der Waals surface area (Å²) >= 11 is 0. The van der Waals surface area contributed by atoms with Gasteiger partial charge in [0.2, 0.25) is 5.89 Å². The monoisotopic (exact) mass is 334 g/mol. The summed E-state index contributed by atoms with van der Waals surface area (Å²) in [6, 6.07) is 1.66. The first-order valence-electron chi connectivity index (χ1n) is 8.06. The molecule has 130 valence electrons. The van der Waals surface area contributed by atoms with E-state index in [9.17, 15) is 4.79 Å². The van der Waals surface area contributed by atoms with Gasteiger partial charge in [-0.15, -0.1) is 0 Å². The Balaban J connectivity index is 1.85. The molecule has 1 unspecified atom stereocenters. The van der Waals surface area contributed by atoms with E-state index in [1.807, 2.05) is 0 Å². The lowest BCUT2D eigenvalue weighted by Crippen LogP contribution is -2.49. The molecule has 3 heterocycles. The first kappa shape index (κ1) is 16.6. The molecule has 1 saturated heterocycles. The Bertz CT molecular complexity index is 711. The fraction of sp³-hybridized carbons (Fsp3) is 0.625. The fourth-order valence-electron chi connectivity index (χ4n) is 3.24. The lowest BCUT2D eigenvalue weighted by atomic mass is 9.76. The number of carbonyl (C=O) groups is 1. The largest absolute Gasteiger partial charge is 0.385 e. The molecule has 2 aromatic heterocycles. The summed E-state index contributed by atoms with van der Waals surface area (Å²) in [6.45, 7) is 5.30. The minimum Gasteiger partial charge on any atom is -0.385 e. The molecular weight excluding hydrogens is 312 g/mol. The quantitative estimate of drug-likeness (QED) is 0.824. The van der Waals surface area contributed by atoms with Crippen LogP contribution in [0.5, 0.6) is 0 Å². The average molecular weight is 334 g/mol. The van der Waals surface area contributed by atoms with Crippen LogP contribution in [0, 0.1) is 13.8 Å². The fourth-order valence-corrected chi connectivity index (χ4v) is 3.24. The summed E-state index contributed by atoms with van der Waals surface area (Å²) < 4.78 is 15.5. The van der Waals surface area contributed by atoms with E-state index >= 15 is 0 Å². The number of carbonyl (C=O) groups excluding carboxylic acids is 1. The Labute approximate surface area is 140 Å². The number of aryl methyl sites for hydroxylation is 2. The van der Waals surface area contributed by atoms with Crippen LogP contribution < -0.4 is 0 Å². The van der Waals surface area contributed by atoms with Crippen molar-refractivity contribution in [3.05, 3.63) is 29.2 Å². The number of amides is 1. The van der Waals surface area contributed by atoms with Crippen LogP contribution in [0.15, 0.2) is 15.1 Å². The highest BCUT2D eigenvalue weighted by Gasteiger charge is 2.42. The molecular formula is C16H22N4O4. The molecule has 1 fully saturated rings. The second kappa shape index (κ2) is 6.72. The molecule has 1 aliphatic rings. The third-order valence-electron chi connectivity index (χ3n) is 4.50. The zero-order valence-corrected chi connectivity index (χ0v) is 14.2. The van der Waals surface area contributed by atoms with Crippen molar-refractivity contribution in [2.24, 2.45) is 0 Å². The standard InChI is InChI=1S/C16H22N4O4/c1-11-9-13(18-23-11)14(21)20-7-4-5-16(10-20,6-8-22-3)15-17-12(2)24-19-15/h9H,4-8,10H2,1-3H3. The van der Waals surface area contributed by atoms with Crippen molar-refractivity contribution in [2.45, 2.75) is 38.5 Å². The molecule has 0 aliphatic carbocycles. The SMILES string of the molecule is COCCC1(c2noc(C)n2)CCCN(C(=O)c2cc(C)on2)C1. The van der Waals surface area contributed by atoms with Crippen LogP contribution in [0.4, 0.5) is 0 Å². The maximum absolute atomic E-state index is 12.7. The number of piperidine rings is 1. The van der Waals surface area contributed by atoms with E-state index < -0.39 is 0 Å². The summed E-state index contributed by atoms with van der Waals surface area (Å²) in [5.41, 5.74) is -0.0279. The lowest BCUT2D eigenvalue weighted by molar-refractivity contribution is 0.0557. The number of hydrogen-bond donors (Lipinski definition) is 0. The van der Waals surface area contributed by atoms with Crippen LogP contribution in [-0.2, 0) is 10.2 Å². The molecule has 0 aromatic carbocycles. The molecule has 1 atom stereocenters. The molecule has 0 radical (unpaired) electrons. The highest BCUT2D eigenvalue weighted by molar-refractivity contribution is 5.92. The van der Waals surface area contributed by atoms with Gasteiger partial charge in [-0.2, -0.15) is 4.98 Å². The van der Waals surface area contributed by atoms with Crippen molar-refractivity contribution in [2.75, 3.05) is 26.8 Å². The number of methoxy groups -OCH3 is 1. The molecule has 1 aliphatic heterocycles. The molecule has 0 bridgehead atoms. The van der Waals surface area contributed by atoms with Crippen molar-refractivity contribution in [3.8, 4) is 0 Å². The van der Waals surface area contributed by atoms with Gasteiger partial charge in [-0.05, 0) is 26.2 Å². The summed E-state index contributed by atoms with van der Waals surface area (Å²) in [5, 5.41) is 7.96. The Morgan fingerprint density at radius 2 is 2.21 bits per heavy atom. The Morgan fingerprint density at radius 3 is 2.83 bits per heavy atom. The van der Waals surface area contributed by atoms with E-state index in [0.717, 1.165) is 19.3 Å². The minimum absolute atomic E-state index is 0.131. The Hall–Kier alpha value is -2.22. The van der Waals surface area contributed by atoms with Gasteiger partial charge in [0.15, 0.2) is 11.5 Å². The van der Waals surface area contributed by atoms with E-state index in [-0.39, 0.29) is 11.3 Å². The molecule has 0 saturated carbocycles. The van der Waals surface area contributed by atoms with Crippen LogP contribution in [-0.4, -0.2) is 52.9 Å². The molecule has 24 heavy (non-hydrogen) atoms. The van der Waals surface area contributed by atoms with Gasteiger partial charge >= 0.3 is 0 Å². The predicted molar refractivity (Wildman–Crippen MR) is 83.6 cm³/mol. The lowest BCUT2D eigenvalue weighted by Gasteiger charge is -2.40. The second-order valence-corrected chi connectivity index (χ2v) is 6.31. The van der Waals surface area contributed by atoms with Crippen molar-refractivity contribution >= 4 is 5.91 Å². The first-order valence-corrected chi connectivity index (χ1v) is 8.06. The van der Waals surface area contributed by atoms with Crippen molar-refractivity contribution in [1.29, 1.82) is 0 Å². The second-order valence-electron chi connectivity index (χ2n) is 6.31. The van der Waals surface area contributed by atoms with Gasteiger partial charge in [0, 0.05) is 39.8 Å². The van der Waals surface area contributed by atoms with Gasteiger partial charge in [-0.1, -0.05) is 10.3 Å². The smallest absolute Gasteiger partial charge is 0.276 e. The number of rotatable bonds is 5. The number of hydrogen-bond acceptors (Lipinski definition) is 7. The highest BCUT2D eigenvalue weighted by atomic mass is 16.5. The van der Waals surface area contributed by atoms with E-state index in [0.29, 0.717) is 42.9 Å². The zero-order chi connectivity index (χ0) is 17.2. The zero-order valence-electron chi connectivity index (χ0n) is 14.2. The van der Waals surface area contributed by atoms with Crippen LogP contribution >= 0.6 is 0 Å². The molecule has 8 nitrogen and oxygen atoms in total. The number of aromatic nitrogens is 3. The molecule has 3 rings (SSSR count). The Kier molecular flexibility index (Phi) is 4.66. The predicted octanol–water partition coefficient (Wildman–Crippen LogP) is 1.88. The normalized spacial score (nSPS) is 21.2. The summed E-state index contributed by atoms with van der Waals surface area (Å²) in [5.74, 6) is 1.66. The van der Waals surface area contributed by atoms with Gasteiger partial charge in [-0.3, -0.25) is 4.79 Å². The topological polar surface area (TPSA) is 94.5 Å². The third-order valence-corrected chi connectivity index (χ3v) is 4.50. The van der Waals surface area contributed by atoms with Gasteiger partial charge in [0.1, 0.15) is 5.76 Å². The maximum Gasteiger partial charge on any atom is 0.276 e. The van der Waals surface area contributed by atoms with Crippen LogP contribution in [0.1, 0.15) is 47.2 Å². The summed E-state index contributed by atoms with van der Waals surface area (Å²) in [4.78, 5) is 18.9. The molecule has 8 heteroatoms. The highest BCUT2D eigenvalue weighted by Crippen LogP contribution is 2.36. The maximum atomic E-state index is 12.7. The number of nitrogens with zero attached hydrogens (tertiary/aromatic N) is 4. The summed E-state index contributed by atoms with van der Waals surface area (Å²) in [6.07, 6.45) is 2.47. The van der Waals surface area contributed by atoms with E-state index in [4.69, 9.17) is 13.8 Å². The van der Waals surface area contributed by atoms with E-state index in [1.165, 1.54) is 0 Å². The van der Waals surface area contributed by atoms with Gasteiger partial charge < -0.3 is 18.7 Å². The average Bonchev–Trinajstić information content (AvgIpc) is 3.21. The molecule has 0 spiro atoms. The minimum atomic E-state index is -0.361. The molecule has 1 amide bonds. The van der Waals surface area contributed by atoms with Crippen LogP contribution in [0.3, 0.4) is 0 Å². The molecule has 2 aromatic rings. The molecule has 0 N–H and O–H groups in total. The van der Waals surface area contributed by atoms with E-state index in [2.05, 4.69) is 15.3 Å². The van der Waals surface area contributed by atoms with Crippen molar-refractivity contribution in [1.82, 2.24) is 20.2 Å².